The van der Waals surface area contributed by atoms with Crippen molar-refractivity contribution in [3.63, 3.8) is 0 Å². The average molecular weight is 409 g/mol. The van der Waals surface area contributed by atoms with E-state index in [4.69, 9.17) is 5.73 Å². The van der Waals surface area contributed by atoms with Gasteiger partial charge >= 0.3 is 0 Å². The van der Waals surface area contributed by atoms with Crippen LogP contribution in [0.4, 0.5) is 19.7 Å². The number of anilines is 2. The fraction of sp³-hybridized carbons (Fsp3) is 0.353. The normalized spacial score (nSPS) is 19.7. The summed E-state index contributed by atoms with van der Waals surface area (Å²) >= 11 is 2.46. The monoisotopic (exact) mass is 409 g/mol. The van der Waals surface area contributed by atoms with Crippen molar-refractivity contribution in [1.82, 2.24) is 15.0 Å². The number of aromatic nitrogens is 3. The first kappa shape index (κ1) is 18.3. The maximum atomic E-state index is 13.9. The van der Waals surface area contributed by atoms with Crippen LogP contribution in [0.25, 0.3) is 10.3 Å². The number of benzene rings is 1. The third kappa shape index (κ3) is 3.83. The van der Waals surface area contributed by atoms with Gasteiger partial charge in [0.25, 0.3) is 0 Å². The van der Waals surface area contributed by atoms with E-state index in [1.54, 1.807) is 0 Å². The number of aliphatic hydroxyl groups excluding tert-OH is 1. The van der Waals surface area contributed by atoms with E-state index in [0.29, 0.717) is 26.5 Å². The molecule has 4 N–H and O–H groups in total. The van der Waals surface area contributed by atoms with Gasteiger partial charge in [0.1, 0.15) is 4.70 Å². The fourth-order valence-corrected chi connectivity index (χ4v) is 4.61. The van der Waals surface area contributed by atoms with Crippen LogP contribution >= 0.6 is 23.1 Å². The average Bonchev–Trinajstić information content (AvgIpc) is 3.21. The highest BCUT2D eigenvalue weighted by Crippen LogP contribution is 2.33. The van der Waals surface area contributed by atoms with Gasteiger partial charge in [0.2, 0.25) is 0 Å². The van der Waals surface area contributed by atoms with Crippen LogP contribution in [0.15, 0.2) is 23.4 Å². The van der Waals surface area contributed by atoms with Crippen molar-refractivity contribution in [3.8, 4) is 0 Å². The van der Waals surface area contributed by atoms with E-state index in [9.17, 15) is 13.9 Å². The molecule has 1 aromatic carbocycles. The van der Waals surface area contributed by atoms with E-state index in [0.717, 1.165) is 25.3 Å². The molecule has 27 heavy (non-hydrogen) atoms. The Balaban J connectivity index is 1.61. The van der Waals surface area contributed by atoms with Crippen molar-refractivity contribution in [2.75, 3.05) is 11.1 Å². The summed E-state index contributed by atoms with van der Waals surface area (Å²) in [5.41, 5.74) is 6.50. The van der Waals surface area contributed by atoms with E-state index >= 15 is 0 Å². The van der Waals surface area contributed by atoms with Gasteiger partial charge in [-0.25, -0.2) is 23.7 Å². The molecule has 0 aliphatic heterocycles. The van der Waals surface area contributed by atoms with Crippen molar-refractivity contribution in [2.45, 2.75) is 42.3 Å². The lowest BCUT2D eigenvalue weighted by Crippen LogP contribution is -2.28. The minimum absolute atomic E-state index is 0.0926. The SMILES string of the molecule is Nc1nc2nc(SCc3cccc(F)c3F)nc(N[C@H]3CCC[C@@H]3O)c2s1. The number of thioether (sulfide) groups is 1. The zero-order valence-corrected chi connectivity index (χ0v) is 15.8. The zero-order chi connectivity index (χ0) is 19.0. The smallest absolute Gasteiger partial charge is 0.191 e. The molecule has 142 valence electrons. The summed E-state index contributed by atoms with van der Waals surface area (Å²) in [5.74, 6) is -1.01. The van der Waals surface area contributed by atoms with Crippen LogP contribution in [-0.2, 0) is 5.75 Å². The van der Waals surface area contributed by atoms with Crippen molar-refractivity contribution in [1.29, 1.82) is 0 Å². The Morgan fingerprint density at radius 3 is 2.89 bits per heavy atom. The standard InChI is InChI=1S/C17H17F2N5OS2/c18-9-4-1-3-8(12(9)19)7-26-17-23-14(21-10-5-2-6-11(10)25)13-15(24-17)22-16(20)27-13/h1,3-4,10-11,25H,2,5-7H2,(H3,20,21,22,23,24)/t10-,11-/m0/s1. The summed E-state index contributed by atoms with van der Waals surface area (Å²) in [6.45, 7) is 0. The number of nitrogen functional groups attached to an aromatic ring is 1. The molecule has 0 radical (unpaired) electrons. The van der Waals surface area contributed by atoms with Crippen molar-refractivity contribution >= 4 is 44.4 Å². The number of nitrogens with zero attached hydrogens (tertiary/aromatic N) is 3. The molecule has 0 bridgehead atoms. The maximum absolute atomic E-state index is 13.9. The first-order valence-electron chi connectivity index (χ1n) is 8.45. The Labute approximate surface area is 162 Å². The van der Waals surface area contributed by atoms with Crippen LogP contribution in [-0.4, -0.2) is 32.2 Å². The molecule has 4 rings (SSSR count). The van der Waals surface area contributed by atoms with Crippen molar-refractivity contribution in [2.24, 2.45) is 0 Å². The van der Waals surface area contributed by atoms with Crippen LogP contribution < -0.4 is 11.1 Å². The van der Waals surface area contributed by atoms with Gasteiger partial charge in [0.15, 0.2) is 33.4 Å². The minimum atomic E-state index is -0.880. The highest BCUT2D eigenvalue weighted by Gasteiger charge is 2.26. The molecular weight excluding hydrogens is 392 g/mol. The number of nitrogens with one attached hydrogen (secondary N) is 1. The molecule has 0 spiro atoms. The van der Waals surface area contributed by atoms with Gasteiger partial charge in [0, 0.05) is 11.3 Å². The predicted molar refractivity (Wildman–Crippen MR) is 103 cm³/mol. The Bertz CT molecular complexity index is 983. The highest BCUT2D eigenvalue weighted by atomic mass is 32.2. The first-order valence-corrected chi connectivity index (χ1v) is 10.3. The number of rotatable bonds is 5. The van der Waals surface area contributed by atoms with Gasteiger partial charge in [-0.15, -0.1) is 0 Å². The Hall–Kier alpha value is -2.04. The molecule has 10 heteroatoms. The summed E-state index contributed by atoms with van der Waals surface area (Å²) in [6, 6.07) is 3.98. The van der Waals surface area contributed by atoms with E-state index in [2.05, 4.69) is 20.3 Å². The lowest BCUT2D eigenvalue weighted by molar-refractivity contribution is 0.171. The molecule has 2 atom stereocenters. The molecule has 1 aliphatic rings. The number of thiazole rings is 1. The Kier molecular flexibility index (Phi) is 5.11. The number of fused-ring (bicyclic) bond motifs is 1. The number of halogens is 2. The molecule has 1 fully saturated rings. The van der Waals surface area contributed by atoms with Crippen LogP contribution in [0.1, 0.15) is 24.8 Å². The second-order valence-corrected chi connectivity index (χ2v) is 8.28. The van der Waals surface area contributed by atoms with Gasteiger partial charge in [0.05, 0.1) is 12.1 Å². The van der Waals surface area contributed by atoms with Crippen molar-refractivity contribution in [3.05, 3.63) is 35.4 Å². The number of hydrogen-bond acceptors (Lipinski definition) is 8. The van der Waals surface area contributed by atoms with Crippen LogP contribution in [0.3, 0.4) is 0 Å². The molecule has 1 saturated carbocycles. The highest BCUT2D eigenvalue weighted by molar-refractivity contribution is 7.98. The number of nitrogens with two attached hydrogens (primary N) is 1. The van der Waals surface area contributed by atoms with Gasteiger partial charge in [-0.1, -0.05) is 35.2 Å². The fourth-order valence-electron chi connectivity index (χ4n) is 3.07. The Morgan fingerprint density at radius 1 is 1.26 bits per heavy atom. The summed E-state index contributed by atoms with van der Waals surface area (Å²) in [6.07, 6.45) is 2.10. The Morgan fingerprint density at radius 2 is 2.11 bits per heavy atom. The van der Waals surface area contributed by atoms with Crippen molar-refractivity contribution < 1.29 is 13.9 Å². The van der Waals surface area contributed by atoms with Crippen LogP contribution in [0.2, 0.25) is 0 Å². The summed E-state index contributed by atoms with van der Waals surface area (Å²) in [7, 11) is 0. The van der Waals surface area contributed by atoms with Crippen LogP contribution in [0.5, 0.6) is 0 Å². The molecule has 0 unspecified atom stereocenters. The van der Waals surface area contributed by atoms with E-state index in [-0.39, 0.29) is 17.4 Å². The number of aliphatic hydroxyl groups is 1. The summed E-state index contributed by atoms with van der Waals surface area (Å²) in [4.78, 5) is 13.1. The summed E-state index contributed by atoms with van der Waals surface area (Å²) in [5, 5.41) is 14.1. The molecule has 0 amide bonds. The predicted octanol–water partition coefficient (Wildman–Crippen LogP) is 3.56. The molecule has 1 aliphatic carbocycles. The van der Waals surface area contributed by atoms with Gasteiger partial charge < -0.3 is 16.2 Å². The molecule has 0 saturated heterocycles. The molecule has 2 heterocycles. The molecule has 3 aromatic rings. The van der Waals surface area contributed by atoms with E-state index in [1.165, 1.54) is 35.2 Å². The van der Waals surface area contributed by atoms with Gasteiger partial charge in [-0.2, -0.15) is 0 Å². The minimum Gasteiger partial charge on any atom is -0.391 e. The largest absolute Gasteiger partial charge is 0.391 e. The zero-order valence-electron chi connectivity index (χ0n) is 14.2. The van der Waals surface area contributed by atoms with Crippen LogP contribution in [0, 0.1) is 11.6 Å². The third-order valence-corrected chi connectivity index (χ3v) is 6.22. The molecule has 6 nitrogen and oxygen atoms in total. The lowest BCUT2D eigenvalue weighted by Gasteiger charge is -2.17. The van der Waals surface area contributed by atoms with Gasteiger partial charge in [-0.05, 0) is 25.3 Å². The van der Waals surface area contributed by atoms with E-state index < -0.39 is 17.7 Å². The second-order valence-electron chi connectivity index (χ2n) is 6.31. The summed E-state index contributed by atoms with van der Waals surface area (Å²) < 4.78 is 27.9. The lowest BCUT2D eigenvalue weighted by atomic mass is 10.2. The quantitative estimate of drug-likeness (QED) is 0.438. The topological polar surface area (TPSA) is 97.0 Å². The first-order chi connectivity index (χ1) is 13.0. The second kappa shape index (κ2) is 7.53. The number of hydrogen-bond donors (Lipinski definition) is 3. The maximum Gasteiger partial charge on any atom is 0.191 e. The van der Waals surface area contributed by atoms with E-state index in [1.807, 2.05) is 0 Å². The third-order valence-electron chi connectivity index (χ3n) is 4.44. The molecular formula is C17H17F2N5OS2. The van der Waals surface area contributed by atoms with Gasteiger partial charge in [-0.3, -0.25) is 0 Å². The molecule has 2 aromatic heterocycles.